The Hall–Kier alpha value is -1.84. The van der Waals surface area contributed by atoms with Crippen molar-refractivity contribution < 1.29 is 9.90 Å². The summed E-state index contributed by atoms with van der Waals surface area (Å²) in [4.78, 5) is 11.0. The fourth-order valence-electron chi connectivity index (χ4n) is 1.76. The number of rotatable bonds is 2. The lowest BCUT2D eigenvalue weighted by Gasteiger charge is -1.96. The highest BCUT2D eigenvalue weighted by atomic mass is 16.4. The van der Waals surface area contributed by atoms with Gasteiger partial charge >= 0.3 is 5.97 Å². The van der Waals surface area contributed by atoms with E-state index in [-0.39, 0.29) is 5.56 Å². The largest absolute Gasteiger partial charge is 0.478 e. The summed E-state index contributed by atoms with van der Waals surface area (Å²) in [6, 6.07) is 5.23. The molecule has 1 heterocycles. The lowest BCUT2D eigenvalue weighted by Crippen LogP contribution is -1.99. The van der Waals surface area contributed by atoms with Crippen LogP contribution in [0, 0.1) is 6.92 Å². The number of aromatic carboxylic acids is 1. The molecule has 0 saturated carbocycles. The van der Waals surface area contributed by atoms with Crippen molar-refractivity contribution in [1.29, 1.82) is 0 Å². The van der Waals surface area contributed by atoms with Crippen LogP contribution in [0.5, 0.6) is 0 Å². The molecule has 2 aromatic rings. The maximum atomic E-state index is 11.0. The molecule has 0 radical (unpaired) electrons. The molecule has 78 valence electrons. The summed E-state index contributed by atoms with van der Waals surface area (Å²) in [6.45, 7) is 4.68. The summed E-state index contributed by atoms with van der Waals surface area (Å²) in [5.41, 5.74) is 1.85. The van der Waals surface area contributed by atoms with Crippen LogP contribution in [-0.2, 0) is 6.54 Å². The van der Waals surface area contributed by atoms with Crippen molar-refractivity contribution in [2.45, 2.75) is 20.4 Å². The number of aryl methyl sites for hydroxylation is 2. The zero-order valence-corrected chi connectivity index (χ0v) is 8.69. The quantitative estimate of drug-likeness (QED) is 0.814. The van der Waals surface area contributed by atoms with E-state index in [1.54, 1.807) is 12.1 Å². The van der Waals surface area contributed by atoms with Gasteiger partial charge in [-0.2, -0.15) is 5.10 Å². The molecule has 0 aliphatic rings. The van der Waals surface area contributed by atoms with Gasteiger partial charge in [-0.25, -0.2) is 4.79 Å². The van der Waals surface area contributed by atoms with Gasteiger partial charge in [-0.15, -0.1) is 0 Å². The monoisotopic (exact) mass is 204 g/mol. The molecule has 0 bridgehead atoms. The molecule has 4 nitrogen and oxygen atoms in total. The molecule has 0 amide bonds. The topological polar surface area (TPSA) is 55.1 Å². The first-order valence-corrected chi connectivity index (χ1v) is 4.84. The Morgan fingerprint density at radius 3 is 2.87 bits per heavy atom. The maximum Gasteiger partial charge on any atom is 0.337 e. The van der Waals surface area contributed by atoms with Crippen LogP contribution in [0.4, 0.5) is 0 Å². The average molecular weight is 204 g/mol. The second-order valence-electron chi connectivity index (χ2n) is 3.41. The molecule has 0 aliphatic heterocycles. The van der Waals surface area contributed by atoms with Crippen LogP contribution in [0.15, 0.2) is 18.2 Å². The van der Waals surface area contributed by atoms with Gasteiger partial charge < -0.3 is 5.11 Å². The molecule has 15 heavy (non-hydrogen) atoms. The van der Waals surface area contributed by atoms with Crippen LogP contribution >= 0.6 is 0 Å². The van der Waals surface area contributed by atoms with Gasteiger partial charge in [0.05, 0.1) is 5.56 Å². The minimum Gasteiger partial charge on any atom is -0.478 e. The number of fused-ring (bicyclic) bond motifs is 1. The van der Waals surface area contributed by atoms with Gasteiger partial charge in [-0.05, 0) is 19.9 Å². The molecule has 0 aliphatic carbocycles. The third kappa shape index (κ3) is 1.38. The standard InChI is InChI=1S/C11H12N2O2/c1-3-13-7(2)8-5-4-6-9(11(14)15)10(8)12-13/h4-6H,3H2,1-2H3,(H,14,15). The van der Waals surface area contributed by atoms with Crippen molar-refractivity contribution in [3.63, 3.8) is 0 Å². The first-order valence-electron chi connectivity index (χ1n) is 4.84. The van der Waals surface area contributed by atoms with Gasteiger partial charge in [0.15, 0.2) is 0 Å². The predicted molar refractivity (Wildman–Crippen MR) is 57.1 cm³/mol. The summed E-state index contributed by atoms with van der Waals surface area (Å²) in [6.07, 6.45) is 0. The van der Waals surface area contributed by atoms with Crippen molar-refractivity contribution in [3.05, 3.63) is 29.5 Å². The maximum absolute atomic E-state index is 11.0. The summed E-state index contributed by atoms with van der Waals surface area (Å²) < 4.78 is 1.82. The number of carbonyl (C=O) groups is 1. The lowest BCUT2D eigenvalue weighted by atomic mass is 10.1. The fraction of sp³-hybridized carbons (Fsp3) is 0.273. The molecular weight excluding hydrogens is 192 g/mol. The van der Waals surface area contributed by atoms with Crippen LogP contribution in [0.25, 0.3) is 10.9 Å². The smallest absolute Gasteiger partial charge is 0.337 e. The van der Waals surface area contributed by atoms with Crippen molar-refractivity contribution in [3.8, 4) is 0 Å². The summed E-state index contributed by atoms with van der Waals surface area (Å²) in [5, 5.41) is 14.2. The van der Waals surface area contributed by atoms with Crippen LogP contribution in [-0.4, -0.2) is 20.9 Å². The molecular formula is C11H12N2O2. The number of carboxylic acids is 1. The Labute approximate surface area is 87.1 Å². The van der Waals surface area contributed by atoms with Gasteiger partial charge in [0.2, 0.25) is 0 Å². The van der Waals surface area contributed by atoms with E-state index in [0.29, 0.717) is 5.52 Å². The van der Waals surface area contributed by atoms with E-state index < -0.39 is 5.97 Å². The molecule has 0 atom stereocenters. The summed E-state index contributed by atoms with van der Waals surface area (Å²) in [7, 11) is 0. The van der Waals surface area contributed by atoms with Crippen LogP contribution in [0.1, 0.15) is 23.0 Å². The zero-order chi connectivity index (χ0) is 11.0. The predicted octanol–water partition coefficient (Wildman–Crippen LogP) is 2.06. The van der Waals surface area contributed by atoms with Crippen molar-refractivity contribution in [1.82, 2.24) is 9.78 Å². The van der Waals surface area contributed by atoms with E-state index >= 15 is 0 Å². The van der Waals surface area contributed by atoms with Gasteiger partial charge in [-0.3, -0.25) is 4.68 Å². The fourth-order valence-corrected chi connectivity index (χ4v) is 1.76. The van der Waals surface area contributed by atoms with Crippen LogP contribution in [0.3, 0.4) is 0 Å². The number of nitrogens with zero attached hydrogens (tertiary/aromatic N) is 2. The molecule has 1 aromatic heterocycles. The van der Waals surface area contributed by atoms with Gasteiger partial charge in [0, 0.05) is 17.6 Å². The Morgan fingerprint density at radius 2 is 2.27 bits per heavy atom. The first-order chi connectivity index (χ1) is 7.15. The normalized spacial score (nSPS) is 10.8. The number of carboxylic acid groups (broad SMARTS) is 1. The summed E-state index contributed by atoms with van der Waals surface area (Å²) >= 11 is 0. The van der Waals surface area contributed by atoms with E-state index in [1.165, 1.54) is 0 Å². The number of hydrogen-bond acceptors (Lipinski definition) is 2. The molecule has 1 N–H and O–H groups in total. The van der Waals surface area contributed by atoms with E-state index in [4.69, 9.17) is 5.11 Å². The molecule has 0 fully saturated rings. The van der Waals surface area contributed by atoms with Crippen LogP contribution < -0.4 is 0 Å². The molecule has 0 spiro atoms. The molecule has 4 heteroatoms. The van der Waals surface area contributed by atoms with Gasteiger partial charge in [0.25, 0.3) is 0 Å². The molecule has 0 saturated heterocycles. The molecule has 0 unspecified atom stereocenters. The third-order valence-electron chi connectivity index (χ3n) is 2.56. The Bertz CT molecular complexity index is 529. The van der Waals surface area contributed by atoms with E-state index in [9.17, 15) is 4.79 Å². The Balaban J connectivity index is 2.81. The SMILES string of the molecule is CCn1nc2c(C(=O)O)cccc2c1C. The van der Waals surface area contributed by atoms with Crippen molar-refractivity contribution in [2.75, 3.05) is 0 Å². The zero-order valence-electron chi connectivity index (χ0n) is 8.69. The highest BCUT2D eigenvalue weighted by molar-refractivity contribution is 6.02. The second kappa shape index (κ2) is 3.38. The van der Waals surface area contributed by atoms with Crippen molar-refractivity contribution in [2.24, 2.45) is 0 Å². The highest BCUT2D eigenvalue weighted by Gasteiger charge is 2.13. The minimum absolute atomic E-state index is 0.266. The van der Waals surface area contributed by atoms with E-state index in [1.807, 2.05) is 24.6 Å². The van der Waals surface area contributed by atoms with Gasteiger partial charge in [0.1, 0.15) is 5.52 Å². The highest BCUT2D eigenvalue weighted by Crippen LogP contribution is 2.21. The Kier molecular flexibility index (Phi) is 2.19. The minimum atomic E-state index is -0.929. The van der Waals surface area contributed by atoms with Crippen molar-refractivity contribution >= 4 is 16.9 Å². The van der Waals surface area contributed by atoms with E-state index in [2.05, 4.69) is 5.10 Å². The third-order valence-corrected chi connectivity index (χ3v) is 2.56. The summed E-state index contributed by atoms with van der Waals surface area (Å²) in [5.74, 6) is -0.929. The van der Waals surface area contributed by atoms with E-state index in [0.717, 1.165) is 17.6 Å². The van der Waals surface area contributed by atoms with Crippen LogP contribution in [0.2, 0.25) is 0 Å². The second-order valence-corrected chi connectivity index (χ2v) is 3.41. The number of benzene rings is 1. The number of hydrogen-bond donors (Lipinski definition) is 1. The average Bonchev–Trinajstić information content (AvgIpc) is 2.55. The first kappa shape index (κ1) is 9.71. The number of aromatic nitrogens is 2. The Morgan fingerprint density at radius 1 is 1.53 bits per heavy atom. The lowest BCUT2D eigenvalue weighted by molar-refractivity contribution is 0.0699. The van der Waals surface area contributed by atoms with Gasteiger partial charge in [-0.1, -0.05) is 12.1 Å². The molecule has 1 aromatic carbocycles. The molecule has 2 rings (SSSR count).